The molecule has 0 spiro atoms. The molecule has 0 unspecified atom stereocenters. The fraction of sp³-hybridized carbons (Fsp3) is 0.250. The average Bonchev–Trinajstić information content (AvgIpc) is 2.17. The molecule has 14 heavy (non-hydrogen) atoms. The first-order valence-electron chi connectivity index (χ1n) is 3.86. The van der Waals surface area contributed by atoms with Gasteiger partial charge in [0.1, 0.15) is 5.82 Å². The molecule has 0 saturated carbocycles. The molecule has 0 aromatic heterocycles. The summed E-state index contributed by atoms with van der Waals surface area (Å²) in [5, 5.41) is 19.0. The van der Waals surface area contributed by atoms with Gasteiger partial charge in [0, 0.05) is 17.7 Å². The molecule has 1 aromatic carbocycles. The Bertz CT molecular complexity index is 356. The Morgan fingerprint density at radius 2 is 2.29 bits per heavy atom. The maximum Gasteiger partial charge on any atom is 0.269 e. The van der Waals surface area contributed by atoms with Crippen molar-refractivity contribution in [3.63, 3.8) is 0 Å². The van der Waals surface area contributed by atoms with Crippen molar-refractivity contribution in [1.82, 2.24) is 0 Å². The average molecular weight is 200 g/mol. The molecule has 0 radical (unpaired) electrons. The SMILES string of the molecule is N[C@H](CO)c1cc([N+](=O)[O-])ccc1F. The highest BCUT2D eigenvalue weighted by molar-refractivity contribution is 5.36. The second kappa shape index (κ2) is 4.12. The minimum atomic E-state index is -0.935. The first-order chi connectivity index (χ1) is 6.56. The van der Waals surface area contributed by atoms with Crippen molar-refractivity contribution in [2.24, 2.45) is 5.73 Å². The van der Waals surface area contributed by atoms with Gasteiger partial charge in [0.25, 0.3) is 5.69 Å². The third-order valence-electron chi connectivity index (χ3n) is 1.79. The minimum absolute atomic E-state index is 0.0540. The van der Waals surface area contributed by atoms with E-state index >= 15 is 0 Å². The van der Waals surface area contributed by atoms with Gasteiger partial charge in [0.05, 0.1) is 17.6 Å². The Labute approximate surface area is 79.1 Å². The second-order valence-electron chi connectivity index (χ2n) is 2.75. The summed E-state index contributed by atoms with van der Waals surface area (Å²) in [5.41, 5.74) is 5.05. The van der Waals surface area contributed by atoms with Crippen LogP contribution in [-0.2, 0) is 0 Å². The molecular weight excluding hydrogens is 191 g/mol. The van der Waals surface area contributed by atoms with Crippen LogP contribution < -0.4 is 5.73 Å². The normalized spacial score (nSPS) is 12.5. The van der Waals surface area contributed by atoms with Crippen LogP contribution in [0.4, 0.5) is 10.1 Å². The monoisotopic (exact) mass is 200 g/mol. The van der Waals surface area contributed by atoms with Crippen LogP contribution in [0, 0.1) is 15.9 Å². The van der Waals surface area contributed by atoms with Crippen LogP contribution in [0.1, 0.15) is 11.6 Å². The van der Waals surface area contributed by atoms with Crippen LogP contribution >= 0.6 is 0 Å². The number of nitro groups is 1. The molecule has 0 bridgehead atoms. The lowest BCUT2D eigenvalue weighted by Gasteiger charge is -2.08. The van der Waals surface area contributed by atoms with Gasteiger partial charge in [0.15, 0.2) is 0 Å². The Hall–Kier alpha value is -1.53. The molecule has 5 nitrogen and oxygen atoms in total. The number of hydrogen-bond acceptors (Lipinski definition) is 4. The van der Waals surface area contributed by atoms with Crippen molar-refractivity contribution in [2.75, 3.05) is 6.61 Å². The van der Waals surface area contributed by atoms with Gasteiger partial charge < -0.3 is 10.8 Å². The zero-order valence-corrected chi connectivity index (χ0v) is 7.18. The molecule has 1 atom stereocenters. The Morgan fingerprint density at radius 3 is 2.79 bits per heavy atom. The Morgan fingerprint density at radius 1 is 1.64 bits per heavy atom. The number of rotatable bonds is 3. The number of aliphatic hydroxyl groups is 1. The van der Waals surface area contributed by atoms with E-state index < -0.39 is 23.4 Å². The van der Waals surface area contributed by atoms with Crippen LogP contribution in [0.25, 0.3) is 0 Å². The van der Waals surface area contributed by atoms with Crippen LogP contribution in [0.5, 0.6) is 0 Å². The van der Waals surface area contributed by atoms with E-state index in [1.54, 1.807) is 0 Å². The smallest absolute Gasteiger partial charge is 0.269 e. The van der Waals surface area contributed by atoms with Crippen LogP contribution in [0.3, 0.4) is 0 Å². The van der Waals surface area contributed by atoms with Crippen molar-refractivity contribution in [1.29, 1.82) is 0 Å². The van der Waals surface area contributed by atoms with E-state index in [1.165, 1.54) is 0 Å². The standard InChI is InChI=1S/C8H9FN2O3/c9-7-2-1-5(11(13)14)3-6(7)8(10)4-12/h1-3,8,12H,4,10H2/t8-/m1/s1. The first-order valence-corrected chi connectivity index (χ1v) is 3.86. The first kappa shape index (κ1) is 10.6. The summed E-state index contributed by atoms with van der Waals surface area (Å²) >= 11 is 0. The van der Waals surface area contributed by atoms with Gasteiger partial charge in [-0.3, -0.25) is 10.1 Å². The molecule has 1 rings (SSSR count). The highest BCUT2D eigenvalue weighted by atomic mass is 19.1. The lowest BCUT2D eigenvalue weighted by molar-refractivity contribution is -0.385. The predicted molar refractivity (Wildman–Crippen MR) is 47.1 cm³/mol. The second-order valence-corrected chi connectivity index (χ2v) is 2.75. The zero-order valence-electron chi connectivity index (χ0n) is 7.18. The van der Waals surface area contributed by atoms with Gasteiger partial charge in [0.2, 0.25) is 0 Å². The van der Waals surface area contributed by atoms with Crippen LogP contribution in [0.2, 0.25) is 0 Å². The maximum absolute atomic E-state index is 13.1. The van der Waals surface area contributed by atoms with Crippen LogP contribution in [-0.4, -0.2) is 16.6 Å². The fourth-order valence-corrected chi connectivity index (χ4v) is 1.03. The summed E-state index contributed by atoms with van der Waals surface area (Å²) < 4.78 is 13.1. The van der Waals surface area contributed by atoms with E-state index in [2.05, 4.69) is 0 Å². The molecule has 1 aromatic rings. The van der Waals surface area contributed by atoms with Crippen molar-refractivity contribution in [3.05, 3.63) is 39.7 Å². The highest BCUT2D eigenvalue weighted by Crippen LogP contribution is 2.20. The number of non-ortho nitro benzene ring substituents is 1. The molecule has 6 heteroatoms. The van der Waals surface area contributed by atoms with Crippen LogP contribution in [0.15, 0.2) is 18.2 Å². The number of benzene rings is 1. The lowest BCUT2D eigenvalue weighted by Crippen LogP contribution is -2.16. The van der Waals surface area contributed by atoms with Crippen molar-refractivity contribution >= 4 is 5.69 Å². The topological polar surface area (TPSA) is 89.4 Å². The van der Waals surface area contributed by atoms with Gasteiger partial charge in [-0.25, -0.2) is 4.39 Å². The Balaban J connectivity index is 3.14. The van der Waals surface area contributed by atoms with Crippen molar-refractivity contribution in [2.45, 2.75) is 6.04 Å². The van der Waals surface area contributed by atoms with Crippen molar-refractivity contribution in [3.8, 4) is 0 Å². The summed E-state index contributed by atoms with van der Waals surface area (Å²) in [6.45, 7) is -0.460. The molecule has 0 heterocycles. The van der Waals surface area contributed by atoms with Gasteiger partial charge in [-0.1, -0.05) is 0 Å². The molecule has 76 valence electrons. The van der Waals surface area contributed by atoms with Gasteiger partial charge in [-0.15, -0.1) is 0 Å². The van der Waals surface area contributed by atoms with Crippen molar-refractivity contribution < 1.29 is 14.4 Å². The third-order valence-corrected chi connectivity index (χ3v) is 1.79. The molecule has 0 fully saturated rings. The summed E-state index contributed by atoms with van der Waals surface area (Å²) in [6.07, 6.45) is 0. The molecule has 0 aliphatic carbocycles. The lowest BCUT2D eigenvalue weighted by atomic mass is 10.1. The number of hydrogen-bond donors (Lipinski definition) is 2. The molecule has 0 aliphatic rings. The van der Waals surface area contributed by atoms with E-state index in [9.17, 15) is 14.5 Å². The molecular formula is C8H9FN2O3. The molecule has 0 saturated heterocycles. The molecule has 0 aliphatic heterocycles. The largest absolute Gasteiger partial charge is 0.394 e. The summed E-state index contributed by atoms with van der Waals surface area (Å²) in [5.74, 6) is -0.655. The van der Waals surface area contributed by atoms with E-state index in [0.29, 0.717) is 0 Å². The quantitative estimate of drug-likeness (QED) is 0.555. The minimum Gasteiger partial charge on any atom is -0.394 e. The Kier molecular flexibility index (Phi) is 3.10. The predicted octanol–water partition coefficient (Wildman–Crippen LogP) is 0.726. The maximum atomic E-state index is 13.1. The highest BCUT2D eigenvalue weighted by Gasteiger charge is 2.15. The summed E-state index contributed by atoms with van der Waals surface area (Å²) in [4.78, 5) is 9.71. The zero-order chi connectivity index (χ0) is 10.7. The number of nitro benzene ring substituents is 1. The van der Waals surface area contributed by atoms with Gasteiger partial charge >= 0.3 is 0 Å². The van der Waals surface area contributed by atoms with E-state index in [1.807, 2.05) is 0 Å². The van der Waals surface area contributed by atoms with E-state index in [-0.39, 0.29) is 11.3 Å². The summed E-state index contributed by atoms with van der Waals surface area (Å²) in [6, 6.07) is 2.09. The number of nitrogens with zero attached hydrogens (tertiary/aromatic N) is 1. The van der Waals surface area contributed by atoms with Gasteiger partial charge in [-0.2, -0.15) is 0 Å². The number of halogens is 1. The summed E-state index contributed by atoms with van der Waals surface area (Å²) in [7, 11) is 0. The molecule has 3 N–H and O–H groups in total. The third kappa shape index (κ3) is 2.04. The fourth-order valence-electron chi connectivity index (χ4n) is 1.03. The number of nitrogens with two attached hydrogens (primary N) is 1. The van der Waals surface area contributed by atoms with E-state index in [4.69, 9.17) is 10.8 Å². The number of aliphatic hydroxyl groups excluding tert-OH is 1. The van der Waals surface area contributed by atoms with E-state index in [0.717, 1.165) is 18.2 Å². The van der Waals surface area contributed by atoms with Gasteiger partial charge in [-0.05, 0) is 6.07 Å². The molecule has 0 amide bonds.